The van der Waals surface area contributed by atoms with Crippen molar-refractivity contribution in [3.8, 4) is 22.3 Å². The molecule has 0 unspecified atom stereocenters. The van der Waals surface area contributed by atoms with Gasteiger partial charge in [0.1, 0.15) is 5.82 Å². The number of fused-ring (bicyclic) bond motifs is 3. The highest BCUT2D eigenvalue weighted by Crippen LogP contribution is 2.34. The zero-order valence-electron chi connectivity index (χ0n) is 14.7. The lowest BCUT2D eigenvalue weighted by molar-refractivity contribution is 0.628. The smallest absolute Gasteiger partial charge is 0.123 e. The van der Waals surface area contributed by atoms with Gasteiger partial charge in [0.05, 0.1) is 0 Å². The zero-order chi connectivity index (χ0) is 18.2. The summed E-state index contributed by atoms with van der Waals surface area (Å²) < 4.78 is 13.1. The molecule has 0 aliphatic rings. The molecular weight excluding hydrogens is 331 g/mol. The highest BCUT2D eigenvalue weighted by Gasteiger charge is 2.07. The minimum Gasteiger partial charge on any atom is -0.207 e. The number of halogens is 1. The fourth-order valence-electron chi connectivity index (χ4n) is 3.78. The topological polar surface area (TPSA) is 0 Å². The first-order valence-electron chi connectivity index (χ1n) is 9.06. The number of hydrogen-bond donors (Lipinski definition) is 0. The van der Waals surface area contributed by atoms with Crippen molar-refractivity contribution in [1.29, 1.82) is 0 Å². The van der Waals surface area contributed by atoms with Crippen molar-refractivity contribution in [1.82, 2.24) is 0 Å². The molecule has 1 heteroatoms. The largest absolute Gasteiger partial charge is 0.207 e. The van der Waals surface area contributed by atoms with Gasteiger partial charge in [-0.3, -0.25) is 0 Å². The van der Waals surface area contributed by atoms with E-state index in [1.807, 2.05) is 12.1 Å². The van der Waals surface area contributed by atoms with E-state index in [9.17, 15) is 4.39 Å². The molecule has 0 N–H and O–H groups in total. The fraction of sp³-hybridized carbons (Fsp3) is 0. The molecule has 0 saturated carbocycles. The van der Waals surface area contributed by atoms with Gasteiger partial charge < -0.3 is 0 Å². The van der Waals surface area contributed by atoms with Crippen molar-refractivity contribution in [2.45, 2.75) is 0 Å². The van der Waals surface area contributed by atoms with Crippen LogP contribution in [0.2, 0.25) is 0 Å². The minimum absolute atomic E-state index is 0.210. The van der Waals surface area contributed by atoms with Gasteiger partial charge in [0.15, 0.2) is 0 Å². The highest BCUT2D eigenvalue weighted by molar-refractivity contribution is 6.12. The maximum atomic E-state index is 13.1. The average Bonchev–Trinajstić information content (AvgIpc) is 2.74. The van der Waals surface area contributed by atoms with Crippen molar-refractivity contribution >= 4 is 21.5 Å². The molecular formula is C26H17F. The summed E-state index contributed by atoms with van der Waals surface area (Å²) in [6.07, 6.45) is 0. The monoisotopic (exact) mass is 348 g/mol. The number of rotatable bonds is 2. The Kier molecular flexibility index (Phi) is 3.72. The van der Waals surface area contributed by atoms with Crippen LogP contribution in [0.3, 0.4) is 0 Å². The van der Waals surface area contributed by atoms with E-state index in [0.29, 0.717) is 0 Å². The van der Waals surface area contributed by atoms with Crippen LogP contribution in [0.4, 0.5) is 4.39 Å². The molecule has 0 aliphatic carbocycles. The molecule has 128 valence electrons. The molecule has 0 heterocycles. The molecule has 0 aliphatic heterocycles. The predicted molar refractivity (Wildman–Crippen MR) is 112 cm³/mol. The first-order valence-corrected chi connectivity index (χ1v) is 9.06. The first kappa shape index (κ1) is 15.8. The summed E-state index contributed by atoms with van der Waals surface area (Å²) >= 11 is 0. The van der Waals surface area contributed by atoms with Gasteiger partial charge in [0.2, 0.25) is 0 Å². The van der Waals surface area contributed by atoms with Gasteiger partial charge in [-0.15, -0.1) is 0 Å². The molecule has 0 atom stereocenters. The molecule has 5 aromatic carbocycles. The van der Waals surface area contributed by atoms with Crippen LogP contribution in [-0.2, 0) is 0 Å². The molecule has 0 saturated heterocycles. The van der Waals surface area contributed by atoms with Crippen LogP contribution in [0.5, 0.6) is 0 Å². The standard InChI is InChI=1S/C26H17F/c27-22-15-12-19(13-16-22)18-8-10-21(11-9-18)24-6-3-7-25-23-5-2-1-4-20(23)14-17-26(24)25/h1-17H. The van der Waals surface area contributed by atoms with Crippen LogP contribution >= 0.6 is 0 Å². The van der Waals surface area contributed by atoms with E-state index in [4.69, 9.17) is 0 Å². The summed E-state index contributed by atoms with van der Waals surface area (Å²) in [6.45, 7) is 0. The number of hydrogen-bond acceptors (Lipinski definition) is 0. The third-order valence-electron chi connectivity index (χ3n) is 5.16. The first-order chi connectivity index (χ1) is 13.3. The Labute approximate surface area is 157 Å². The van der Waals surface area contributed by atoms with Crippen molar-refractivity contribution < 1.29 is 4.39 Å². The molecule has 0 bridgehead atoms. The van der Waals surface area contributed by atoms with Crippen LogP contribution in [0, 0.1) is 5.82 Å². The summed E-state index contributed by atoms with van der Waals surface area (Å²) in [5.41, 5.74) is 4.52. The lowest BCUT2D eigenvalue weighted by Crippen LogP contribution is -1.84. The molecule has 0 aromatic heterocycles. The summed E-state index contributed by atoms with van der Waals surface area (Å²) in [4.78, 5) is 0. The molecule has 0 nitrogen and oxygen atoms in total. The van der Waals surface area contributed by atoms with Crippen LogP contribution in [0.1, 0.15) is 0 Å². The van der Waals surface area contributed by atoms with Crippen molar-refractivity contribution in [3.05, 3.63) is 109 Å². The van der Waals surface area contributed by atoms with Gasteiger partial charge in [0, 0.05) is 0 Å². The van der Waals surface area contributed by atoms with E-state index in [-0.39, 0.29) is 5.82 Å². The Bertz CT molecular complexity index is 1250. The summed E-state index contributed by atoms with van der Waals surface area (Å²) in [6, 6.07) is 34.5. The summed E-state index contributed by atoms with van der Waals surface area (Å²) in [7, 11) is 0. The Morgan fingerprint density at radius 2 is 1.04 bits per heavy atom. The van der Waals surface area contributed by atoms with Crippen LogP contribution in [0.15, 0.2) is 103 Å². The van der Waals surface area contributed by atoms with Gasteiger partial charge >= 0.3 is 0 Å². The lowest BCUT2D eigenvalue weighted by atomic mass is 9.94. The highest BCUT2D eigenvalue weighted by atomic mass is 19.1. The third kappa shape index (κ3) is 2.78. The van der Waals surface area contributed by atoms with E-state index in [1.54, 1.807) is 0 Å². The van der Waals surface area contributed by atoms with E-state index < -0.39 is 0 Å². The maximum absolute atomic E-state index is 13.1. The van der Waals surface area contributed by atoms with Crippen LogP contribution < -0.4 is 0 Å². The van der Waals surface area contributed by atoms with Gasteiger partial charge in [-0.1, -0.05) is 91.0 Å². The van der Waals surface area contributed by atoms with Gasteiger partial charge in [-0.05, 0) is 55.9 Å². The molecule has 5 rings (SSSR count). The molecule has 5 aromatic rings. The molecule has 0 amide bonds. The molecule has 0 radical (unpaired) electrons. The summed E-state index contributed by atoms with van der Waals surface area (Å²) in [5.74, 6) is -0.210. The van der Waals surface area contributed by atoms with Crippen molar-refractivity contribution in [3.63, 3.8) is 0 Å². The normalized spacial score (nSPS) is 11.1. The fourth-order valence-corrected chi connectivity index (χ4v) is 3.78. The van der Waals surface area contributed by atoms with E-state index >= 15 is 0 Å². The maximum Gasteiger partial charge on any atom is 0.123 e. The Hall–Kier alpha value is -3.45. The van der Waals surface area contributed by atoms with Crippen LogP contribution in [-0.4, -0.2) is 0 Å². The van der Waals surface area contributed by atoms with Crippen molar-refractivity contribution in [2.75, 3.05) is 0 Å². The van der Waals surface area contributed by atoms with Gasteiger partial charge in [-0.2, -0.15) is 0 Å². The second-order valence-corrected chi connectivity index (χ2v) is 6.77. The van der Waals surface area contributed by atoms with Gasteiger partial charge in [0.25, 0.3) is 0 Å². The van der Waals surface area contributed by atoms with E-state index in [0.717, 1.165) is 11.1 Å². The minimum atomic E-state index is -0.210. The Balaban J connectivity index is 1.63. The van der Waals surface area contributed by atoms with E-state index in [2.05, 4.69) is 78.9 Å². The molecule has 0 fully saturated rings. The zero-order valence-corrected chi connectivity index (χ0v) is 14.7. The lowest BCUT2D eigenvalue weighted by Gasteiger charge is -2.10. The average molecular weight is 348 g/mol. The molecule has 0 spiro atoms. The van der Waals surface area contributed by atoms with Gasteiger partial charge in [-0.25, -0.2) is 4.39 Å². The van der Waals surface area contributed by atoms with E-state index in [1.165, 1.54) is 44.8 Å². The second-order valence-electron chi connectivity index (χ2n) is 6.77. The Morgan fingerprint density at radius 3 is 1.81 bits per heavy atom. The SMILES string of the molecule is Fc1ccc(-c2ccc(-c3cccc4c3ccc3ccccc34)cc2)cc1. The van der Waals surface area contributed by atoms with Crippen molar-refractivity contribution in [2.24, 2.45) is 0 Å². The summed E-state index contributed by atoms with van der Waals surface area (Å²) in [5, 5.41) is 5.06. The predicted octanol–water partition coefficient (Wildman–Crippen LogP) is 7.47. The second kappa shape index (κ2) is 6.37. The molecule has 27 heavy (non-hydrogen) atoms. The number of benzene rings is 5. The quantitative estimate of drug-likeness (QED) is 0.290. The van der Waals surface area contributed by atoms with Crippen LogP contribution in [0.25, 0.3) is 43.8 Å². The third-order valence-corrected chi connectivity index (χ3v) is 5.16. The Morgan fingerprint density at radius 1 is 0.407 bits per heavy atom.